The average molecular weight is 222 g/mol. The topological polar surface area (TPSA) is 41.1 Å². The molecule has 0 bridgehead atoms. The average Bonchev–Trinajstić information content (AvgIpc) is 2.33. The second-order valence-electron chi connectivity index (χ2n) is 4.01. The van der Waals surface area contributed by atoms with Crippen molar-refractivity contribution < 1.29 is 9.18 Å². The van der Waals surface area contributed by atoms with Gasteiger partial charge in [-0.2, -0.15) is 0 Å². The number of benzene rings is 1. The van der Waals surface area contributed by atoms with Gasteiger partial charge in [0, 0.05) is 6.54 Å². The normalized spacial score (nSPS) is 20.4. The predicted octanol–water partition coefficient (Wildman–Crippen LogP) is 1.76. The minimum absolute atomic E-state index is 0.0478. The molecule has 1 aromatic rings. The molecule has 0 saturated carbocycles. The van der Waals surface area contributed by atoms with Crippen molar-refractivity contribution >= 4 is 11.6 Å². The summed E-state index contributed by atoms with van der Waals surface area (Å²) in [5.74, 6) is -0.537. The fourth-order valence-electron chi connectivity index (χ4n) is 1.87. The van der Waals surface area contributed by atoms with Crippen LogP contribution in [0.1, 0.15) is 12.8 Å². The van der Waals surface area contributed by atoms with Gasteiger partial charge in [0.15, 0.2) is 0 Å². The molecule has 1 amide bonds. The summed E-state index contributed by atoms with van der Waals surface area (Å²) in [6.45, 7) is 1.64. The van der Waals surface area contributed by atoms with Crippen LogP contribution in [0.4, 0.5) is 10.1 Å². The van der Waals surface area contributed by atoms with E-state index in [0.29, 0.717) is 6.54 Å². The van der Waals surface area contributed by atoms with Crippen LogP contribution < -0.4 is 10.6 Å². The Bertz CT molecular complexity index is 375. The molecule has 2 N–H and O–H groups in total. The SMILES string of the molecule is O=C(Nc1ccccc1F)C1CCCNC1. The third kappa shape index (κ3) is 2.58. The number of carbonyl (C=O) groups excluding carboxylic acids is 1. The van der Waals surface area contributed by atoms with Crippen LogP contribution in [0.15, 0.2) is 24.3 Å². The number of para-hydroxylation sites is 1. The molecule has 1 saturated heterocycles. The lowest BCUT2D eigenvalue weighted by Crippen LogP contribution is -2.37. The summed E-state index contributed by atoms with van der Waals surface area (Å²) in [5, 5.41) is 5.79. The van der Waals surface area contributed by atoms with Crippen LogP contribution in [-0.4, -0.2) is 19.0 Å². The van der Waals surface area contributed by atoms with Crippen molar-refractivity contribution in [3.8, 4) is 0 Å². The summed E-state index contributed by atoms with van der Waals surface area (Å²) < 4.78 is 13.3. The molecule has 1 aliphatic rings. The number of hydrogen-bond acceptors (Lipinski definition) is 2. The zero-order valence-corrected chi connectivity index (χ0v) is 9.00. The Morgan fingerprint density at radius 1 is 1.44 bits per heavy atom. The Kier molecular flexibility index (Phi) is 3.51. The predicted molar refractivity (Wildman–Crippen MR) is 60.6 cm³/mol. The van der Waals surface area contributed by atoms with Crippen molar-refractivity contribution in [2.75, 3.05) is 18.4 Å². The lowest BCUT2D eigenvalue weighted by molar-refractivity contribution is -0.120. The summed E-state index contributed by atoms with van der Waals surface area (Å²) in [7, 11) is 0. The minimum Gasteiger partial charge on any atom is -0.323 e. The zero-order valence-electron chi connectivity index (χ0n) is 9.00. The first-order valence-electron chi connectivity index (χ1n) is 5.53. The fraction of sp³-hybridized carbons (Fsp3) is 0.417. The van der Waals surface area contributed by atoms with Crippen LogP contribution >= 0.6 is 0 Å². The number of halogens is 1. The van der Waals surface area contributed by atoms with Crippen molar-refractivity contribution in [3.05, 3.63) is 30.1 Å². The summed E-state index contributed by atoms with van der Waals surface area (Å²) in [5.41, 5.74) is 0.262. The second-order valence-corrected chi connectivity index (χ2v) is 4.01. The van der Waals surface area contributed by atoms with Crippen LogP contribution in [0.25, 0.3) is 0 Å². The van der Waals surface area contributed by atoms with E-state index < -0.39 is 0 Å². The van der Waals surface area contributed by atoms with Gasteiger partial charge in [0.05, 0.1) is 11.6 Å². The molecule has 4 heteroatoms. The maximum absolute atomic E-state index is 13.3. The molecule has 0 aliphatic carbocycles. The summed E-state index contributed by atoms with van der Waals surface area (Å²) in [4.78, 5) is 11.8. The monoisotopic (exact) mass is 222 g/mol. The maximum atomic E-state index is 13.3. The first kappa shape index (κ1) is 11.1. The first-order chi connectivity index (χ1) is 7.77. The molecule has 1 unspecified atom stereocenters. The van der Waals surface area contributed by atoms with Gasteiger partial charge in [-0.25, -0.2) is 4.39 Å². The number of nitrogens with one attached hydrogen (secondary N) is 2. The van der Waals surface area contributed by atoms with E-state index in [4.69, 9.17) is 0 Å². The van der Waals surface area contributed by atoms with Gasteiger partial charge >= 0.3 is 0 Å². The van der Waals surface area contributed by atoms with Crippen LogP contribution in [0.3, 0.4) is 0 Å². The van der Waals surface area contributed by atoms with Crippen molar-refractivity contribution in [1.29, 1.82) is 0 Å². The Morgan fingerprint density at radius 3 is 2.94 bits per heavy atom. The minimum atomic E-state index is -0.389. The smallest absolute Gasteiger partial charge is 0.228 e. The Labute approximate surface area is 94.0 Å². The Morgan fingerprint density at radius 2 is 2.25 bits per heavy atom. The molecule has 1 aliphatic heterocycles. The molecule has 1 heterocycles. The lowest BCUT2D eigenvalue weighted by atomic mass is 9.99. The van der Waals surface area contributed by atoms with Gasteiger partial charge in [0.25, 0.3) is 0 Å². The molecule has 1 fully saturated rings. The molecular formula is C12H15FN2O. The van der Waals surface area contributed by atoms with E-state index in [2.05, 4.69) is 10.6 Å². The standard InChI is InChI=1S/C12H15FN2O/c13-10-5-1-2-6-11(10)15-12(16)9-4-3-7-14-8-9/h1-2,5-6,9,14H,3-4,7-8H2,(H,15,16). The van der Waals surface area contributed by atoms with Crippen LogP contribution in [0, 0.1) is 11.7 Å². The van der Waals surface area contributed by atoms with Crippen LogP contribution in [-0.2, 0) is 4.79 Å². The number of anilines is 1. The second kappa shape index (κ2) is 5.07. The van der Waals surface area contributed by atoms with Gasteiger partial charge in [-0.3, -0.25) is 4.79 Å². The molecule has 1 aromatic carbocycles. The third-order valence-corrected chi connectivity index (χ3v) is 2.80. The zero-order chi connectivity index (χ0) is 11.4. The number of hydrogen-bond donors (Lipinski definition) is 2. The highest BCUT2D eigenvalue weighted by atomic mass is 19.1. The van der Waals surface area contributed by atoms with Gasteiger partial charge in [-0.1, -0.05) is 12.1 Å². The Balaban J connectivity index is 1.99. The summed E-state index contributed by atoms with van der Waals surface area (Å²) in [6.07, 6.45) is 1.86. The largest absolute Gasteiger partial charge is 0.323 e. The molecule has 1 atom stereocenters. The fourth-order valence-corrected chi connectivity index (χ4v) is 1.87. The third-order valence-electron chi connectivity index (χ3n) is 2.80. The highest BCUT2D eigenvalue weighted by Gasteiger charge is 2.21. The first-order valence-corrected chi connectivity index (χ1v) is 5.53. The molecule has 86 valence electrons. The number of amides is 1. The molecule has 3 nitrogen and oxygen atoms in total. The molecular weight excluding hydrogens is 207 g/mol. The van der Waals surface area contributed by atoms with Crippen LogP contribution in [0.5, 0.6) is 0 Å². The van der Waals surface area contributed by atoms with E-state index in [0.717, 1.165) is 19.4 Å². The quantitative estimate of drug-likeness (QED) is 0.800. The molecule has 0 spiro atoms. The highest BCUT2D eigenvalue weighted by molar-refractivity contribution is 5.92. The van der Waals surface area contributed by atoms with Crippen LogP contribution in [0.2, 0.25) is 0 Å². The maximum Gasteiger partial charge on any atom is 0.228 e. The summed E-state index contributed by atoms with van der Waals surface area (Å²) in [6, 6.07) is 6.23. The van der Waals surface area contributed by atoms with Crippen molar-refractivity contribution in [1.82, 2.24) is 5.32 Å². The van der Waals surface area contributed by atoms with Crippen molar-refractivity contribution in [3.63, 3.8) is 0 Å². The van der Waals surface area contributed by atoms with Gasteiger partial charge in [-0.05, 0) is 31.5 Å². The number of carbonyl (C=O) groups is 1. The Hall–Kier alpha value is -1.42. The summed E-state index contributed by atoms with van der Waals surface area (Å²) >= 11 is 0. The highest BCUT2D eigenvalue weighted by Crippen LogP contribution is 2.16. The van der Waals surface area contributed by atoms with Gasteiger partial charge in [-0.15, -0.1) is 0 Å². The van der Waals surface area contributed by atoms with Crippen molar-refractivity contribution in [2.45, 2.75) is 12.8 Å². The van der Waals surface area contributed by atoms with E-state index in [9.17, 15) is 9.18 Å². The number of rotatable bonds is 2. The molecule has 16 heavy (non-hydrogen) atoms. The van der Waals surface area contributed by atoms with E-state index in [1.54, 1.807) is 18.2 Å². The molecule has 0 aromatic heterocycles. The molecule has 0 radical (unpaired) electrons. The van der Waals surface area contributed by atoms with Crippen molar-refractivity contribution in [2.24, 2.45) is 5.92 Å². The van der Waals surface area contributed by atoms with E-state index in [1.165, 1.54) is 6.07 Å². The lowest BCUT2D eigenvalue weighted by Gasteiger charge is -2.21. The van der Waals surface area contributed by atoms with Gasteiger partial charge < -0.3 is 10.6 Å². The van der Waals surface area contributed by atoms with Gasteiger partial charge in [0.1, 0.15) is 5.82 Å². The molecule has 2 rings (SSSR count). The van der Waals surface area contributed by atoms with E-state index >= 15 is 0 Å². The number of piperidine rings is 1. The van der Waals surface area contributed by atoms with E-state index in [-0.39, 0.29) is 23.3 Å². The van der Waals surface area contributed by atoms with Gasteiger partial charge in [0.2, 0.25) is 5.91 Å². The van der Waals surface area contributed by atoms with E-state index in [1.807, 2.05) is 0 Å².